The van der Waals surface area contributed by atoms with Crippen molar-refractivity contribution in [1.82, 2.24) is 4.90 Å². The Balaban J connectivity index is 0.00000482. The number of benzene rings is 1. The molecular formula is C73H127NO9. The van der Waals surface area contributed by atoms with E-state index in [-0.39, 0.29) is 18.4 Å². The first kappa shape index (κ1) is 72.5. The van der Waals surface area contributed by atoms with Gasteiger partial charge in [0.25, 0.3) is 6.47 Å². The summed E-state index contributed by atoms with van der Waals surface area (Å²) in [6.07, 6.45) is 38.7. The Labute approximate surface area is 509 Å². The zero-order valence-electron chi connectivity index (χ0n) is 54.7. The fourth-order valence-electron chi connectivity index (χ4n) is 14.4. The van der Waals surface area contributed by atoms with Crippen molar-refractivity contribution in [3.63, 3.8) is 0 Å². The standard InChI is InChI=1S/C72H125NO7.CH2O2/c1-55(2)18-12-24-59-30-38-63(39-31-59)50-68(70(74)78-52-65-40-32-60(33-41-65)25-13-19-56(3)4)28-16-46-73(48-49-77-51-64-22-10-9-11-23-64)47-17-29-69(71(75)79-53-66-42-34-61(35-43-66)26-14-20-57(5)6)72(76)80-54-67-44-36-62(37-45-67)27-15-21-58(7)8;2-1-3/h9-11,22-23,55-63,65-69H,12-21,24-54H2,1-8H3;1H,(H,2,3). The van der Waals surface area contributed by atoms with Crippen molar-refractivity contribution in [1.29, 1.82) is 0 Å². The van der Waals surface area contributed by atoms with E-state index >= 15 is 0 Å². The summed E-state index contributed by atoms with van der Waals surface area (Å²) in [6.45, 7) is 23.1. The van der Waals surface area contributed by atoms with E-state index in [1.54, 1.807) is 0 Å². The number of rotatable bonds is 40. The molecule has 1 unspecified atom stereocenters. The molecule has 4 fully saturated rings. The van der Waals surface area contributed by atoms with Gasteiger partial charge in [-0.25, -0.2) is 0 Å². The second kappa shape index (κ2) is 43.6. The molecule has 0 spiro atoms. The molecule has 0 radical (unpaired) electrons. The van der Waals surface area contributed by atoms with Crippen LogP contribution in [-0.4, -0.2) is 80.4 Å². The average molecular weight is 1160 g/mol. The van der Waals surface area contributed by atoms with E-state index in [4.69, 9.17) is 28.8 Å². The van der Waals surface area contributed by atoms with Gasteiger partial charge in [-0.1, -0.05) is 227 Å². The second-order valence-corrected chi connectivity index (χ2v) is 29.0. The first-order valence-corrected chi connectivity index (χ1v) is 35.0. The Morgan fingerprint density at radius 3 is 1.17 bits per heavy atom. The van der Waals surface area contributed by atoms with Crippen LogP contribution >= 0.6 is 0 Å². The van der Waals surface area contributed by atoms with Gasteiger partial charge in [0.15, 0.2) is 5.92 Å². The number of carboxylic acid groups (broad SMARTS) is 1. The number of hydrogen-bond donors (Lipinski definition) is 1. The van der Waals surface area contributed by atoms with Crippen LogP contribution in [0.3, 0.4) is 0 Å². The molecule has 83 heavy (non-hydrogen) atoms. The summed E-state index contributed by atoms with van der Waals surface area (Å²) in [4.78, 5) is 53.4. The molecule has 1 aromatic rings. The molecule has 1 atom stereocenters. The van der Waals surface area contributed by atoms with Crippen LogP contribution in [-0.2, 0) is 44.7 Å². The summed E-state index contributed by atoms with van der Waals surface area (Å²) < 4.78 is 24.9. The van der Waals surface area contributed by atoms with Crippen LogP contribution in [0.1, 0.15) is 273 Å². The minimum atomic E-state index is -0.921. The molecule has 4 saturated carbocycles. The van der Waals surface area contributed by atoms with Crippen molar-refractivity contribution in [2.24, 2.45) is 82.9 Å². The molecule has 0 aliphatic heterocycles. The lowest BCUT2D eigenvalue weighted by Crippen LogP contribution is -2.34. The van der Waals surface area contributed by atoms with Crippen LogP contribution in [0.25, 0.3) is 0 Å². The van der Waals surface area contributed by atoms with Gasteiger partial charge < -0.3 is 29.0 Å². The molecule has 0 aromatic heterocycles. The predicted octanol–water partition coefficient (Wildman–Crippen LogP) is 18.5. The predicted molar refractivity (Wildman–Crippen MR) is 341 cm³/mol. The lowest BCUT2D eigenvalue weighted by atomic mass is 9.75. The van der Waals surface area contributed by atoms with Gasteiger partial charge in [-0.2, -0.15) is 0 Å². The summed E-state index contributed by atoms with van der Waals surface area (Å²) in [7, 11) is 0. The number of carbonyl (C=O) groups excluding carboxylic acids is 3. The number of carbonyl (C=O) groups is 4. The molecule has 5 rings (SSSR count). The van der Waals surface area contributed by atoms with Crippen molar-refractivity contribution in [2.45, 2.75) is 274 Å². The van der Waals surface area contributed by atoms with E-state index in [2.05, 4.69) is 84.6 Å². The van der Waals surface area contributed by atoms with Crippen molar-refractivity contribution < 1.29 is 43.2 Å². The van der Waals surface area contributed by atoms with E-state index in [1.165, 1.54) is 154 Å². The number of hydrogen-bond acceptors (Lipinski definition) is 9. The summed E-state index contributed by atoms with van der Waals surface area (Å²) in [5.41, 5.74) is 1.16. The van der Waals surface area contributed by atoms with E-state index in [9.17, 15) is 14.4 Å². The number of nitrogens with zero attached hydrogens (tertiary/aromatic N) is 1. The normalized spacial score (nSPS) is 23.9. The average Bonchev–Trinajstić information content (AvgIpc) is 3.48. The summed E-state index contributed by atoms with van der Waals surface area (Å²) >= 11 is 0. The maximum atomic E-state index is 14.3. The molecule has 10 heteroatoms. The van der Waals surface area contributed by atoms with Crippen molar-refractivity contribution in [2.75, 3.05) is 46.1 Å². The molecule has 0 bridgehead atoms. The highest BCUT2D eigenvalue weighted by Crippen LogP contribution is 2.39. The topological polar surface area (TPSA) is 129 Å². The lowest BCUT2D eigenvalue weighted by Gasteiger charge is -2.32. The molecule has 1 N–H and O–H groups in total. The molecule has 0 saturated heterocycles. The molecule has 1 aromatic carbocycles. The fraction of sp³-hybridized carbons (Fsp3) is 0.863. The molecular weight excluding hydrogens is 1030 g/mol. The van der Waals surface area contributed by atoms with Gasteiger partial charge >= 0.3 is 17.9 Å². The Morgan fingerprint density at radius 1 is 0.458 bits per heavy atom. The highest BCUT2D eigenvalue weighted by Gasteiger charge is 2.34. The Kier molecular flexibility index (Phi) is 38.1. The van der Waals surface area contributed by atoms with Gasteiger partial charge in [0.05, 0.1) is 39.0 Å². The highest BCUT2D eigenvalue weighted by atomic mass is 16.6. The van der Waals surface area contributed by atoms with Gasteiger partial charge in [-0.05, 0) is 160 Å². The Morgan fingerprint density at radius 2 is 0.795 bits per heavy atom. The molecule has 10 nitrogen and oxygen atoms in total. The van der Waals surface area contributed by atoms with Crippen LogP contribution in [0.5, 0.6) is 0 Å². The summed E-state index contributed by atoms with van der Waals surface area (Å²) in [5, 5.41) is 6.89. The monoisotopic (exact) mass is 1160 g/mol. The first-order valence-electron chi connectivity index (χ1n) is 35.0. The van der Waals surface area contributed by atoms with Crippen LogP contribution < -0.4 is 0 Å². The van der Waals surface area contributed by atoms with Gasteiger partial charge in [-0.3, -0.25) is 19.2 Å². The Bertz CT molecular complexity index is 1740. The van der Waals surface area contributed by atoms with Crippen LogP contribution in [0, 0.1) is 82.9 Å². The van der Waals surface area contributed by atoms with Crippen molar-refractivity contribution in [3.8, 4) is 0 Å². The zero-order valence-corrected chi connectivity index (χ0v) is 54.7. The van der Waals surface area contributed by atoms with Gasteiger partial charge in [0.2, 0.25) is 0 Å². The van der Waals surface area contributed by atoms with Crippen LogP contribution in [0.2, 0.25) is 0 Å². The molecule has 4 aliphatic carbocycles. The van der Waals surface area contributed by atoms with E-state index in [0.29, 0.717) is 69.5 Å². The van der Waals surface area contributed by atoms with Crippen molar-refractivity contribution >= 4 is 24.4 Å². The number of ether oxygens (including phenoxy) is 4. The third kappa shape index (κ3) is 33.1. The molecule has 478 valence electrons. The lowest BCUT2D eigenvalue weighted by molar-refractivity contribution is -0.164. The van der Waals surface area contributed by atoms with Gasteiger partial charge in [0, 0.05) is 6.54 Å². The Hall–Kier alpha value is -2.98. The van der Waals surface area contributed by atoms with Crippen LogP contribution in [0.4, 0.5) is 0 Å². The third-order valence-corrected chi connectivity index (χ3v) is 20.0. The summed E-state index contributed by atoms with van der Waals surface area (Å²) in [6, 6.07) is 10.4. The zero-order chi connectivity index (χ0) is 60.0. The number of esters is 3. The van der Waals surface area contributed by atoms with Crippen LogP contribution in [0.15, 0.2) is 30.3 Å². The SMILES string of the molecule is CC(C)CCCC1CCC(COC(=O)C(CCCN(CCCC(C(=O)OCC2CCC(CCCC(C)C)CC2)C(=O)OCC2CCC(CCCC(C)C)CC2)CCOCc2ccccc2)CC2CCC(CCCC(C)C)CC2)CC1.O=CO. The first-order chi connectivity index (χ1) is 40.1. The minimum Gasteiger partial charge on any atom is -0.483 e. The van der Waals surface area contributed by atoms with Gasteiger partial charge in [-0.15, -0.1) is 0 Å². The molecule has 4 aliphatic rings. The maximum absolute atomic E-state index is 14.3. The molecule has 0 amide bonds. The summed E-state index contributed by atoms with van der Waals surface area (Å²) in [5.74, 6) is 6.29. The fourth-order valence-corrected chi connectivity index (χ4v) is 14.4. The molecule has 0 heterocycles. The van der Waals surface area contributed by atoms with E-state index in [1.807, 2.05) is 6.07 Å². The van der Waals surface area contributed by atoms with E-state index < -0.39 is 17.9 Å². The van der Waals surface area contributed by atoms with Gasteiger partial charge in [0.1, 0.15) is 0 Å². The highest BCUT2D eigenvalue weighted by molar-refractivity contribution is 5.94. The third-order valence-electron chi connectivity index (χ3n) is 20.0. The minimum absolute atomic E-state index is 0.0325. The van der Waals surface area contributed by atoms with Crippen molar-refractivity contribution in [3.05, 3.63) is 35.9 Å². The largest absolute Gasteiger partial charge is 0.483 e. The smallest absolute Gasteiger partial charge is 0.320 e. The maximum Gasteiger partial charge on any atom is 0.320 e. The quantitative estimate of drug-likeness (QED) is 0.0223. The second-order valence-electron chi connectivity index (χ2n) is 29.0. The van der Waals surface area contributed by atoms with E-state index in [0.717, 1.165) is 117 Å².